The van der Waals surface area contributed by atoms with E-state index in [0.29, 0.717) is 25.3 Å². The SMILES string of the molecule is CC(C)Cc1ccc(NC(=O)C(CCCCN)NC=O)cc1. The zero-order valence-electron chi connectivity index (χ0n) is 13.5. The molecule has 1 rings (SSSR count). The lowest BCUT2D eigenvalue weighted by Gasteiger charge is -2.16. The molecule has 22 heavy (non-hydrogen) atoms. The van der Waals surface area contributed by atoms with Crippen LogP contribution in [0.1, 0.15) is 38.7 Å². The molecule has 122 valence electrons. The second-order valence-electron chi connectivity index (χ2n) is 5.91. The molecular weight excluding hydrogens is 278 g/mol. The third-order valence-electron chi connectivity index (χ3n) is 3.40. The second-order valence-corrected chi connectivity index (χ2v) is 5.91. The van der Waals surface area contributed by atoms with Gasteiger partial charge in [-0.05, 0) is 55.8 Å². The predicted molar refractivity (Wildman–Crippen MR) is 89.5 cm³/mol. The summed E-state index contributed by atoms with van der Waals surface area (Å²) in [6.45, 7) is 4.94. The molecule has 0 heterocycles. The molecule has 1 unspecified atom stereocenters. The number of hydrogen-bond donors (Lipinski definition) is 3. The van der Waals surface area contributed by atoms with E-state index in [0.717, 1.165) is 24.9 Å². The largest absolute Gasteiger partial charge is 0.347 e. The Kier molecular flexibility index (Phi) is 8.22. The van der Waals surface area contributed by atoms with Crippen LogP contribution in [0.3, 0.4) is 0 Å². The van der Waals surface area contributed by atoms with Crippen molar-refractivity contribution in [2.24, 2.45) is 11.7 Å². The van der Waals surface area contributed by atoms with Crippen LogP contribution in [0, 0.1) is 5.92 Å². The number of carbonyl (C=O) groups is 2. The van der Waals surface area contributed by atoms with Crippen molar-refractivity contribution in [2.75, 3.05) is 11.9 Å². The molecule has 0 aromatic heterocycles. The number of nitrogens with two attached hydrogens (primary N) is 1. The van der Waals surface area contributed by atoms with Crippen LogP contribution < -0.4 is 16.4 Å². The van der Waals surface area contributed by atoms with Crippen LogP contribution in [0.5, 0.6) is 0 Å². The molecule has 0 saturated heterocycles. The molecule has 0 fully saturated rings. The van der Waals surface area contributed by atoms with E-state index >= 15 is 0 Å². The number of unbranched alkanes of at least 4 members (excludes halogenated alkanes) is 1. The van der Waals surface area contributed by atoms with Crippen molar-refractivity contribution in [1.29, 1.82) is 0 Å². The fourth-order valence-electron chi connectivity index (χ4n) is 2.29. The van der Waals surface area contributed by atoms with E-state index in [2.05, 4.69) is 24.5 Å². The van der Waals surface area contributed by atoms with E-state index in [-0.39, 0.29) is 5.91 Å². The molecule has 0 spiro atoms. The topological polar surface area (TPSA) is 84.2 Å². The summed E-state index contributed by atoms with van der Waals surface area (Å²) in [5.74, 6) is 0.407. The molecule has 0 aliphatic rings. The van der Waals surface area contributed by atoms with E-state index in [1.807, 2.05) is 24.3 Å². The van der Waals surface area contributed by atoms with Gasteiger partial charge in [-0.25, -0.2) is 0 Å². The Balaban J connectivity index is 2.58. The van der Waals surface area contributed by atoms with Gasteiger partial charge in [-0.2, -0.15) is 0 Å². The number of anilines is 1. The van der Waals surface area contributed by atoms with Gasteiger partial charge in [-0.1, -0.05) is 26.0 Å². The van der Waals surface area contributed by atoms with E-state index in [9.17, 15) is 9.59 Å². The van der Waals surface area contributed by atoms with Crippen molar-refractivity contribution in [2.45, 2.75) is 45.6 Å². The summed E-state index contributed by atoms with van der Waals surface area (Å²) in [5, 5.41) is 5.41. The molecule has 0 bridgehead atoms. The standard InChI is InChI=1S/C17H27N3O2/c1-13(2)11-14-6-8-15(9-7-14)20-17(22)16(19-12-21)5-3-4-10-18/h6-9,12-13,16H,3-5,10-11,18H2,1-2H3,(H,19,21)(H,20,22). The molecule has 1 atom stereocenters. The Morgan fingerprint density at radius 2 is 1.91 bits per heavy atom. The van der Waals surface area contributed by atoms with E-state index in [4.69, 9.17) is 5.73 Å². The quantitative estimate of drug-likeness (QED) is 0.457. The molecule has 0 aliphatic heterocycles. The molecule has 1 aromatic rings. The average Bonchev–Trinajstić information content (AvgIpc) is 2.48. The highest BCUT2D eigenvalue weighted by molar-refractivity contribution is 5.95. The fraction of sp³-hybridized carbons (Fsp3) is 0.529. The first-order valence-corrected chi connectivity index (χ1v) is 7.86. The maximum Gasteiger partial charge on any atom is 0.246 e. The van der Waals surface area contributed by atoms with Gasteiger partial charge in [-0.3, -0.25) is 9.59 Å². The molecule has 5 heteroatoms. The molecule has 0 radical (unpaired) electrons. The van der Waals surface area contributed by atoms with E-state index in [1.54, 1.807) is 0 Å². The van der Waals surface area contributed by atoms with Gasteiger partial charge in [0.15, 0.2) is 0 Å². The summed E-state index contributed by atoms with van der Waals surface area (Å²) in [4.78, 5) is 22.8. The molecule has 0 aliphatic carbocycles. The Bertz CT molecular complexity index is 457. The highest BCUT2D eigenvalue weighted by atomic mass is 16.2. The molecule has 2 amide bonds. The maximum atomic E-state index is 12.2. The summed E-state index contributed by atoms with van der Waals surface area (Å²) >= 11 is 0. The Labute approximate surface area is 132 Å². The zero-order valence-corrected chi connectivity index (χ0v) is 13.5. The van der Waals surface area contributed by atoms with E-state index in [1.165, 1.54) is 5.56 Å². The lowest BCUT2D eigenvalue weighted by molar-refractivity contribution is -0.121. The van der Waals surface area contributed by atoms with Gasteiger partial charge in [0.05, 0.1) is 0 Å². The van der Waals surface area contributed by atoms with Gasteiger partial charge in [0.25, 0.3) is 0 Å². The number of nitrogens with one attached hydrogen (secondary N) is 2. The first-order chi connectivity index (χ1) is 10.6. The van der Waals surface area contributed by atoms with Crippen LogP contribution in [-0.4, -0.2) is 24.9 Å². The zero-order chi connectivity index (χ0) is 16.4. The number of carbonyl (C=O) groups excluding carboxylic acids is 2. The minimum atomic E-state index is -0.514. The smallest absolute Gasteiger partial charge is 0.246 e. The Hall–Kier alpha value is -1.88. The van der Waals surface area contributed by atoms with Crippen molar-refractivity contribution in [3.63, 3.8) is 0 Å². The Morgan fingerprint density at radius 1 is 1.23 bits per heavy atom. The third kappa shape index (κ3) is 6.72. The molecule has 5 nitrogen and oxygen atoms in total. The minimum Gasteiger partial charge on any atom is -0.347 e. The third-order valence-corrected chi connectivity index (χ3v) is 3.40. The summed E-state index contributed by atoms with van der Waals surface area (Å²) < 4.78 is 0. The first-order valence-electron chi connectivity index (χ1n) is 7.86. The lowest BCUT2D eigenvalue weighted by Crippen LogP contribution is -2.39. The summed E-state index contributed by atoms with van der Waals surface area (Å²) in [6, 6.07) is 7.32. The summed E-state index contributed by atoms with van der Waals surface area (Å²) in [6.07, 6.45) is 3.82. The first kappa shape index (κ1) is 18.2. The second kappa shape index (κ2) is 9.95. The van der Waals surface area contributed by atoms with Crippen LogP contribution >= 0.6 is 0 Å². The minimum absolute atomic E-state index is 0.194. The molecule has 0 saturated carbocycles. The van der Waals surface area contributed by atoms with Crippen LogP contribution in [0.15, 0.2) is 24.3 Å². The van der Waals surface area contributed by atoms with Crippen molar-refractivity contribution in [3.8, 4) is 0 Å². The molecule has 4 N–H and O–H groups in total. The summed E-state index contributed by atoms with van der Waals surface area (Å²) in [7, 11) is 0. The van der Waals surface area contributed by atoms with Crippen LogP contribution in [0.2, 0.25) is 0 Å². The predicted octanol–water partition coefficient (Wildman–Crippen LogP) is 2.07. The lowest BCUT2D eigenvalue weighted by atomic mass is 10.0. The molecular formula is C17H27N3O2. The Morgan fingerprint density at radius 3 is 2.45 bits per heavy atom. The number of rotatable bonds is 10. The van der Waals surface area contributed by atoms with Gasteiger partial charge < -0.3 is 16.4 Å². The van der Waals surface area contributed by atoms with Crippen LogP contribution in [0.25, 0.3) is 0 Å². The van der Waals surface area contributed by atoms with Crippen molar-refractivity contribution in [3.05, 3.63) is 29.8 Å². The number of benzene rings is 1. The van der Waals surface area contributed by atoms with Crippen molar-refractivity contribution in [1.82, 2.24) is 5.32 Å². The number of hydrogen-bond acceptors (Lipinski definition) is 3. The normalized spacial score (nSPS) is 12.0. The maximum absolute atomic E-state index is 12.2. The van der Waals surface area contributed by atoms with Gasteiger partial charge in [0.2, 0.25) is 12.3 Å². The highest BCUT2D eigenvalue weighted by Gasteiger charge is 2.17. The number of amides is 2. The van der Waals surface area contributed by atoms with Crippen LogP contribution in [-0.2, 0) is 16.0 Å². The fourth-order valence-corrected chi connectivity index (χ4v) is 2.29. The molecule has 1 aromatic carbocycles. The highest BCUT2D eigenvalue weighted by Crippen LogP contribution is 2.14. The van der Waals surface area contributed by atoms with Gasteiger partial charge in [-0.15, -0.1) is 0 Å². The van der Waals surface area contributed by atoms with Gasteiger partial charge in [0.1, 0.15) is 6.04 Å². The van der Waals surface area contributed by atoms with Crippen LogP contribution in [0.4, 0.5) is 5.69 Å². The van der Waals surface area contributed by atoms with Gasteiger partial charge in [0, 0.05) is 5.69 Å². The average molecular weight is 305 g/mol. The monoisotopic (exact) mass is 305 g/mol. The summed E-state index contributed by atoms with van der Waals surface area (Å²) in [5.41, 5.74) is 7.44. The van der Waals surface area contributed by atoms with Gasteiger partial charge >= 0.3 is 0 Å². The van der Waals surface area contributed by atoms with E-state index < -0.39 is 6.04 Å². The van der Waals surface area contributed by atoms with Crippen molar-refractivity contribution >= 4 is 18.0 Å². The van der Waals surface area contributed by atoms with Crippen molar-refractivity contribution < 1.29 is 9.59 Å².